The summed E-state index contributed by atoms with van der Waals surface area (Å²) >= 11 is 1.89. The summed E-state index contributed by atoms with van der Waals surface area (Å²) in [5, 5.41) is 3.00. The van der Waals surface area contributed by atoms with Crippen molar-refractivity contribution < 1.29 is 4.79 Å². The number of hydrogen-bond donors (Lipinski definition) is 2. The van der Waals surface area contributed by atoms with Gasteiger partial charge in [0.25, 0.3) is 5.91 Å². The topological polar surface area (TPSA) is 68.0 Å². The number of nitrogens with one attached hydrogen (secondary N) is 1. The van der Waals surface area contributed by atoms with Crippen molar-refractivity contribution in [2.75, 3.05) is 17.2 Å². The van der Waals surface area contributed by atoms with Crippen LogP contribution in [0.4, 0.5) is 5.82 Å². The fourth-order valence-electron chi connectivity index (χ4n) is 1.71. The third kappa shape index (κ3) is 5.51. The van der Waals surface area contributed by atoms with Gasteiger partial charge in [-0.2, -0.15) is 11.8 Å². The van der Waals surface area contributed by atoms with Gasteiger partial charge in [0, 0.05) is 17.3 Å². The van der Waals surface area contributed by atoms with Crippen LogP contribution in [0.3, 0.4) is 0 Å². The van der Waals surface area contributed by atoms with E-state index in [0.717, 1.165) is 30.0 Å². The van der Waals surface area contributed by atoms with Gasteiger partial charge in [-0.25, -0.2) is 4.98 Å². The highest BCUT2D eigenvalue weighted by molar-refractivity contribution is 7.99. The van der Waals surface area contributed by atoms with Crippen LogP contribution in [0.15, 0.2) is 12.1 Å². The van der Waals surface area contributed by atoms with E-state index in [1.54, 1.807) is 12.1 Å². The predicted octanol–water partition coefficient (Wildman–Crippen LogP) is 2.49. The van der Waals surface area contributed by atoms with Crippen molar-refractivity contribution in [1.29, 1.82) is 0 Å². The zero-order chi connectivity index (χ0) is 14.3. The number of amides is 1. The Morgan fingerprint density at radius 2 is 2.21 bits per heavy atom. The summed E-state index contributed by atoms with van der Waals surface area (Å²) in [4.78, 5) is 16.3. The lowest BCUT2D eigenvalue weighted by Crippen LogP contribution is -2.33. The summed E-state index contributed by atoms with van der Waals surface area (Å²) in [7, 11) is 0. The number of nitrogens with two attached hydrogens (primary N) is 1. The van der Waals surface area contributed by atoms with E-state index in [9.17, 15) is 4.79 Å². The Kier molecular flexibility index (Phi) is 6.70. The number of carbonyl (C=O) groups excluding carboxylic acids is 1. The lowest BCUT2D eigenvalue weighted by Gasteiger charge is -2.14. The molecule has 1 amide bonds. The van der Waals surface area contributed by atoms with Gasteiger partial charge in [-0.15, -0.1) is 0 Å². The van der Waals surface area contributed by atoms with Crippen LogP contribution in [0, 0.1) is 0 Å². The highest BCUT2D eigenvalue weighted by atomic mass is 32.2. The van der Waals surface area contributed by atoms with Crippen molar-refractivity contribution in [2.45, 2.75) is 39.7 Å². The Hall–Kier alpha value is -1.23. The van der Waals surface area contributed by atoms with Gasteiger partial charge in [0.2, 0.25) is 0 Å². The first-order chi connectivity index (χ1) is 9.06. The van der Waals surface area contributed by atoms with Crippen LogP contribution >= 0.6 is 11.8 Å². The molecule has 1 atom stereocenters. The van der Waals surface area contributed by atoms with E-state index in [-0.39, 0.29) is 11.9 Å². The van der Waals surface area contributed by atoms with Crippen molar-refractivity contribution >= 4 is 23.5 Å². The third-order valence-corrected chi connectivity index (χ3v) is 3.73. The van der Waals surface area contributed by atoms with E-state index in [2.05, 4.69) is 17.2 Å². The zero-order valence-electron chi connectivity index (χ0n) is 11.9. The molecule has 3 N–H and O–H groups in total. The molecule has 19 heavy (non-hydrogen) atoms. The van der Waals surface area contributed by atoms with Gasteiger partial charge >= 0.3 is 0 Å². The molecule has 0 saturated carbocycles. The maximum atomic E-state index is 12.1. The minimum Gasteiger partial charge on any atom is -0.384 e. The SMILES string of the molecule is CCSCCC(C)NC(=O)c1cc(N)nc(CC)c1. The van der Waals surface area contributed by atoms with Crippen molar-refractivity contribution in [1.82, 2.24) is 10.3 Å². The van der Waals surface area contributed by atoms with E-state index in [1.165, 1.54) is 0 Å². The molecule has 5 heteroatoms. The zero-order valence-corrected chi connectivity index (χ0v) is 12.7. The number of carbonyl (C=O) groups is 1. The molecule has 0 aliphatic rings. The van der Waals surface area contributed by atoms with Gasteiger partial charge < -0.3 is 11.1 Å². The average Bonchev–Trinajstić information content (AvgIpc) is 2.38. The molecule has 1 unspecified atom stereocenters. The number of anilines is 1. The molecule has 0 bridgehead atoms. The fourth-order valence-corrected chi connectivity index (χ4v) is 2.52. The maximum absolute atomic E-state index is 12.1. The van der Waals surface area contributed by atoms with E-state index in [4.69, 9.17) is 5.73 Å². The standard InChI is InChI=1S/C14H23N3OS/c1-4-12-8-11(9-13(15)17-12)14(18)16-10(3)6-7-19-5-2/h8-10H,4-7H2,1-3H3,(H2,15,17)(H,16,18). The van der Waals surface area contributed by atoms with Crippen molar-refractivity contribution in [3.8, 4) is 0 Å². The second-order valence-electron chi connectivity index (χ2n) is 4.49. The minimum atomic E-state index is -0.0715. The highest BCUT2D eigenvalue weighted by Gasteiger charge is 2.11. The summed E-state index contributed by atoms with van der Waals surface area (Å²) in [6.07, 6.45) is 1.75. The molecule has 0 spiro atoms. The summed E-state index contributed by atoms with van der Waals surface area (Å²) < 4.78 is 0. The Bertz CT molecular complexity index is 423. The van der Waals surface area contributed by atoms with Crippen LogP contribution in [-0.4, -0.2) is 28.4 Å². The van der Waals surface area contributed by atoms with Crippen molar-refractivity contribution in [3.63, 3.8) is 0 Å². The molecule has 0 radical (unpaired) electrons. The number of nitrogens with zero attached hydrogens (tertiary/aromatic N) is 1. The molecule has 0 aromatic carbocycles. The largest absolute Gasteiger partial charge is 0.384 e. The highest BCUT2D eigenvalue weighted by Crippen LogP contribution is 2.10. The number of hydrogen-bond acceptors (Lipinski definition) is 4. The normalized spacial score (nSPS) is 12.2. The summed E-state index contributed by atoms with van der Waals surface area (Å²) in [5.74, 6) is 2.51. The lowest BCUT2D eigenvalue weighted by atomic mass is 10.1. The number of aryl methyl sites for hydroxylation is 1. The van der Waals surface area contributed by atoms with E-state index in [1.807, 2.05) is 25.6 Å². The third-order valence-electron chi connectivity index (χ3n) is 2.80. The smallest absolute Gasteiger partial charge is 0.251 e. The molecule has 1 heterocycles. The molecule has 0 aliphatic heterocycles. The minimum absolute atomic E-state index is 0.0715. The van der Waals surface area contributed by atoms with E-state index in [0.29, 0.717) is 11.4 Å². The number of pyridine rings is 1. The predicted molar refractivity (Wildman–Crippen MR) is 82.6 cm³/mol. The van der Waals surface area contributed by atoms with Crippen LogP contribution in [0.2, 0.25) is 0 Å². The first-order valence-electron chi connectivity index (χ1n) is 6.71. The summed E-state index contributed by atoms with van der Waals surface area (Å²) in [6.45, 7) is 6.16. The van der Waals surface area contributed by atoms with Gasteiger partial charge in [-0.1, -0.05) is 13.8 Å². The summed E-state index contributed by atoms with van der Waals surface area (Å²) in [6, 6.07) is 3.60. The van der Waals surface area contributed by atoms with Gasteiger partial charge in [0.1, 0.15) is 5.82 Å². The van der Waals surface area contributed by atoms with Gasteiger partial charge in [0.05, 0.1) is 0 Å². The van der Waals surface area contributed by atoms with E-state index >= 15 is 0 Å². The van der Waals surface area contributed by atoms with E-state index < -0.39 is 0 Å². The molecular weight excluding hydrogens is 258 g/mol. The monoisotopic (exact) mass is 281 g/mol. The number of thioether (sulfide) groups is 1. The van der Waals surface area contributed by atoms with Crippen molar-refractivity contribution in [3.05, 3.63) is 23.4 Å². The Morgan fingerprint density at radius 1 is 1.47 bits per heavy atom. The second-order valence-corrected chi connectivity index (χ2v) is 5.88. The van der Waals surface area contributed by atoms with Crippen LogP contribution < -0.4 is 11.1 Å². The number of rotatable bonds is 7. The number of aromatic nitrogens is 1. The molecular formula is C14H23N3OS. The van der Waals surface area contributed by atoms with Crippen LogP contribution in [0.25, 0.3) is 0 Å². The van der Waals surface area contributed by atoms with Crippen LogP contribution in [-0.2, 0) is 6.42 Å². The molecule has 1 aromatic heterocycles. The van der Waals surface area contributed by atoms with Gasteiger partial charge in [-0.3, -0.25) is 4.79 Å². The van der Waals surface area contributed by atoms with Crippen LogP contribution in [0.5, 0.6) is 0 Å². The van der Waals surface area contributed by atoms with Crippen LogP contribution in [0.1, 0.15) is 43.2 Å². The molecule has 1 rings (SSSR count). The van der Waals surface area contributed by atoms with Gasteiger partial charge in [0.15, 0.2) is 0 Å². The molecule has 0 saturated heterocycles. The molecule has 0 aliphatic carbocycles. The summed E-state index contributed by atoms with van der Waals surface area (Å²) in [5.41, 5.74) is 7.15. The van der Waals surface area contributed by atoms with Gasteiger partial charge in [-0.05, 0) is 43.4 Å². The Labute approximate surface area is 119 Å². The second kappa shape index (κ2) is 8.04. The first kappa shape index (κ1) is 15.8. The fraction of sp³-hybridized carbons (Fsp3) is 0.571. The lowest BCUT2D eigenvalue weighted by molar-refractivity contribution is 0.0939. The van der Waals surface area contributed by atoms with Crippen molar-refractivity contribution in [2.24, 2.45) is 0 Å². The Morgan fingerprint density at radius 3 is 2.84 bits per heavy atom. The molecule has 0 fully saturated rings. The maximum Gasteiger partial charge on any atom is 0.251 e. The quantitative estimate of drug-likeness (QED) is 0.753. The first-order valence-corrected chi connectivity index (χ1v) is 7.87. The molecule has 4 nitrogen and oxygen atoms in total. The number of nitrogen functional groups attached to an aromatic ring is 1. The average molecular weight is 281 g/mol. The Balaban J connectivity index is 2.59. The molecule has 106 valence electrons. The molecule has 1 aromatic rings.